The second-order valence-electron chi connectivity index (χ2n) is 6.25. The molecule has 2 nitrogen and oxygen atoms in total. The molecule has 100 valence electrons. The Bertz CT molecular complexity index is 389. The summed E-state index contributed by atoms with van der Waals surface area (Å²) in [6, 6.07) is 9.89. The fourth-order valence-electron chi connectivity index (χ4n) is 2.02. The number of esters is 1. The number of hydrogen-bond acceptors (Lipinski definition) is 2. The first-order chi connectivity index (χ1) is 8.29. The Kier molecular flexibility index (Phi) is 4.55. The molecule has 0 radical (unpaired) electrons. The zero-order chi connectivity index (χ0) is 13.8. The average molecular weight is 248 g/mol. The molecule has 1 aromatic carbocycles. The van der Waals surface area contributed by atoms with E-state index in [-0.39, 0.29) is 11.4 Å². The Morgan fingerprint density at radius 2 is 1.61 bits per heavy atom. The number of methoxy groups -OCH3 is 1. The van der Waals surface area contributed by atoms with Crippen molar-refractivity contribution in [1.29, 1.82) is 0 Å². The molecule has 0 aromatic heterocycles. The molecule has 0 N–H and O–H groups in total. The van der Waals surface area contributed by atoms with Crippen LogP contribution in [0.2, 0.25) is 0 Å². The summed E-state index contributed by atoms with van der Waals surface area (Å²) in [7, 11) is 1.46. The third-order valence-corrected chi connectivity index (χ3v) is 3.42. The van der Waals surface area contributed by atoms with Crippen molar-refractivity contribution < 1.29 is 9.53 Å². The van der Waals surface area contributed by atoms with Gasteiger partial charge in [0.1, 0.15) is 0 Å². The highest BCUT2D eigenvalue weighted by molar-refractivity contribution is 5.82. The lowest BCUT2D eigenvalue weighted by Crippen LogP contribution is -2.34. The van der Waals surface area contributed by atoms with Gasteiger partial charge in [0.2, 0.25) is 0 Å². The Hall–Kier alpha value is -1.31. The van der Waals surface area contributed by atoms with E-state index in [9.17, 15) is 4.79 Å². The number of hydrogen-bond donors (Lipinski definition) is 0. The third kappa shape index (κ3) is 3.59. The lowest BCUT2D eigenvalue weighted by Gasteiger charge is -2.30. The van der Waals surface area contributed by atoms with E-state index in [1.807, 2.05) is 37.3 Å². The minimum absolute atomic E-state index is 0.155. The maximum Gasteiger partial charge on any atom is 0.315 e. The van der Waals surface area contributed by atoms with E-state index in [2.05, 4.69) is 20.8 Å². The average Bonchev–Trinajstić information content (AvgIpc) is 2.35. The summed E-state index contributed by atoms with van der Waals surface area (Å²) in [5.74, 6) is -0.155. The van der Waals surface area contributed by atoms with Crippen LogP contribution in [0.15, 0.2) is 30.3 Å². The van der Waals surface area contributed by atoms with Crippen LogP contribution >= 0.6 is 0 Å². The van der Waals surface area contributed by atoms with Gasteiger partial charge in [0.25, 0.3) is 0 Å². The minimum atomic E-state index is -0.552. The fraction of sp³-hybridized carbons (Fsp3) is 0.562. The largest absolute Gasteiger partial charge is 0.468 e. The molecule has 0 spiro atoms. The molecule has 1 unspecified atom stereocenters. The van der Waals surface area contributed by atoms with E-state index in [0.29, 0.717) is 0 Å². The van der Waals surface area contributed by atoms with Crippen LogP contribution in [0.4, 0.5) is 0 Å². The van der Waals surface area contributed by atoms with Crippen molar-refractivity contribution in [2.45, 2.75) is 46.0 Å². The summed E-state index contributed by atoms with van der Waals surface area (Å²) in [5.41, 5.74) is 0.689. The first-order valence-electron chi connectivity index (χ1n) is 6.43. The van der Waals surface area contributed by atoms with Crippen LogP contribution in [0.1, 0.15) is 46.1 Å². The number of carbonyl (C=O) groups is 1. The number of rotatable bonds is 4. The van der Waals surface area contributed by atoms with Crippen molar-refractivity contribution in [3.63, 3.8) is 0 Å². The highest BCUT2D eigenvalue weighted by Crippen LogP contribution is 2.34. The quantitative estimate of drug-likeness (QED) is 0.754. The van der Waals surface area contributed by atoms with Crippen molar-refractivity contribution in [3.05, 3.63) is 35.9 Å². The predicted molar refractivity (Wildman–Crippen MR) is 74.5 cm³/mol. The van der Waals surface area contributed by atoms with Crippen molar-refractivity contribution in [2.75, 3.05) is 7.11 Å². The van der Waals surface area contributed by atoms with Crippen LogP contribution in [0.5, 0.6) is 0 Å². The molecule has 0 aliphatic rings. The topological polar surface area (TPSA) is 26.3 Å². The minimum Gasteiger partial charge on any atom is -0.468 e. The van der Waals surface area contributed by atoms with Crippen LogP contribution in [0.3, 0.4) is 0 Å². The molecule has 0 saturated heterocycles. The van der Waals surface area contributed by atoms with E-state index in [1.54, 1.807) is 0 Å². The molecule has 0 aliphatic heterocycles. The molecule has 0 fully saturated rings. The standard InChI is InChI=1S/C16H24O2/c1-15(2,3)11-12-16(4,14(17)18-5)13-9-7-6-8-10-13/h6-10H,11-12H2,1-5H3. The lowest BCUT2D eigenvalue weighted by atomic mass is 9.74. The molecule has 18 heavy (non-hydrogen) atoms. The Labute approximate surface area is 110 Å². The molecule has 1 rings (SSSR count). The first kappa shape index (κ1) is 14.7. The molecule has 0 amide bonds. The Balaban J connectivity index is 3.00. The maximum atomic E-state index is 12.1. The highest BCUT2D eigenvalue weighted by Gasteiger charge is 2.36. The van der Waals surface area contributed by atoms with Crippen LogP contribution in [-0.4, -0.2) is 13.1 Å². The maximum absolute atomic E-state index is 12.1. The monoisotopic (exact) mass is 248 g/mol. The van der Waals surface area contributed by atoms with Gasteiger partial charge in [-0.2, -0.15) is 0 Å². The van der Waals surface area contributed by atoms with Gasteiger partial charge in [-0.15, -0.1) is 0 Å². The van der Waals surface area contributed by atoms with E-state index in [4.69, 9.17) is 4.74 Å². The molecule has 0 aliphatic carbocycles. The van der Waals surface area contributed by atoms with E-state index in [1.165, 1.54) is 7.11 Å². The first-order valence-corrected chi connectivity index (χ1v) is 6.43. The molecule has 2 heteroatoms. The van der Waals surface area contributed by atoms with Gasteiger partial charge in [-0.3, -0.25) is 4.79 Å². The van der Waals surface area contributed by atoms with Crippen molar-refractivity contribution >= 4 is 5.97 Å². The van der Waals surface area contributed by atoms with Gasteiger partial charge in [0, 0.05) is 0 Å². The number of benzene rings is 1. The molecule has 1 aromatic rings. The van der Waals surface area contributed by atoms with E-state index >= 15 is 0 Å². The zero-order valence-corrected chi connectivity index (χ0v) is 12.1. The molecule has 0 saturated carbocycles. The van der Waals surface area contributed by atoms with Gasteiger partial charge >= 0.3 is 5.97 Å². The molecular weight excluding hydrogens is 224 g/mol. The second kappa shape index (κ2) is 5.55. The fourth-order valence-corrected chi connectivity index (χ4v) is 2.02. The Morgan fingerprint density at radius 3 is 2.06 bits per heavy atom. The lowest BCUT2D eigenvalue weighted by molar-refractivity contribution is -0.147. The van der Waals surface area contributed by atoms with Crippen LogP contribution in [-0.2, 0) is 14.9 Å². The molecule has 0 heterocycles. The molecule has 1 atom stereocenters. The highest BCUT2D eigenvalue weighted by atomic mass is 16.5. The van der Waals surface area contributed by atoms with Gasteiger partial charge in [-0.25, -0.2) is 0 Å². The summed E-state index contributed by atoms with van der Waals surface area (Å²) in [5, 5.41) is 0. The van der Waals surface area contributed by atoms with Crippen LogP contribution < -0.4 is 0 Å². The Morgan fingerprint density at radius 1 is 1.06 bits per heavy atom. The van der Waals surface area contributed by atoms with Crippen molar-refractivity contribution in [2.24, 2.45) is 5.41 Å². The number of carbonyl (C=O) groups excluding carboxylic acids is 1. The number of ether oxygens (including phenoxy) is 1. The SMILES string of the molecule is COC(=O)C(C)(CCC(C)(C)C)c1ccccc1. The van der Waals surface area contributed by atoms with Crippen molar-refractivity contribution in [1.82, 2.24) is 0 Å². The van der Waals surface area contributed by atoms with Gasteiger partial charge < -0.3 is 4.74 Å². The van der Waals surface area contributed by atoms with E-state index in [0.717, 1.165) is 18.4 Å². The molecule has 0 bridgehead atoms. The van der Waals surface area contributed by atoms with Gasteiger partial charge in [0.05, 0.1) is 12.5 Å². The van der Waals surface area contributed by atoms with E-state index < -0.39 is 5.41 Å². The summed E-state index contributed by atoms with van der Waals surface area (Å²) in [4.78, 5) is 12.1. The summed E-state index contributed by atoms with van der Waals surface area (Å²) in [6.45, 7) is 8.54. The van der Waals surface area contributed by atoms with Crippen LogP contribution in [0, 0.1) is 5.41 Å². The normalized spacial score (nSPS) is 14.9. The van der Waals surface area contributed by atoms with Crippen molar-refractivity contribution in [3.8, 4) is 0 Å². The summed E-state index contributed by atoms with van der Waals surface area (Å²) >= 11 is 0. The summed E-state index contributed by atoms with van der Waals surface area (Å²) < 4.78 is 5.00. The zero-order valence-electron chi connectivity index (χ0n) is 12.1. The third-order valence-electron chi connectivity index (χ3n) is 3.42. The van der Waals surface area contributed by atoms with Gasteiger partial charge in [-0.05, 0) is 30.7 Å². The van der Waals surface area contributed by atoms with Gasteiger partial charge in [-0.1, -0.05) is 51.1 Å². The van der Waals surface area contributed by atoms with Gasteiger partial charge in [0.15, 0.2) is 0 Å². The smallest absolute Gasteiger partial charge is 0.315 e. The molecular formula is C16H24O2. The summed E-state index contributed by atoms with van der Waals surface area (Å²) in [6.07, 6.45) is 1.78. The second-order valence-corrected chi connectivity index (χ2v) is 6.25. The van der Waals surface area contributed by atoms with Crippen LogP contribution in [0.25, 0.3) is 0 Å². The predicted octanol–water partition coefficient (Wildman–Crippen LogP) is 3.94.